The van der Waals surface area contributed by atoms with Crippen LogP contribution in [0.3, 0.4) is 0 Å². The molecule has 1 atom stereocenters. The van der Waals surface area contributed by atoms with E-state index in [1.807, 2.05) is 0 Å². The van der Waals surface area contributed by atoms with E-state index in [0.29, 0.717) is 27.9 Å². The third-order valence-corrected chi connectivity index (χ3v) is 2.77. The molecule has 0 saturated carbocycles. The topological polar surface area (TPSA) is 20.2 Å². The second kappa shape index (κ2) is 5.06. The average molecular weight is 240 g/mol. The van der Waals surface area contributed by atoms with E-state index in [-0.39, 0.29) is 0 Å². The van der Waals surface area contributed by atoms with Crippen molar-refractivity contribution in [2.75, 3.05) is 5.88 Å². The Balaban J connectivity index is 2.93. The van der Waals surface area contributed by atoms with Gasteiger partial charge in [-0.05, 0) is 12.5 Å². The fraction of sp³-hybridized carbons (Fsp3) is 0.333. The standard InChI is InChI=1S/C9H9Cl3O/c10-5-4-8(13)6-2-1-3-7(11)9(6)12/h1-3,8,13H,4-5H2. The zero-order chi connectivity index (χ0) is 9.84. The van der Waals surface area contributed by atoms with Gasteiger partial charge < -0.3 is 5.11 Å². The molecule has 1 unspecified atom stereocenters. The molecule has 1 N–H and O–H groups in total. The number of alkyl halides is 1. The first-order valence-corrected chi connectivity index (χ1v) is 5.13. The number of benzene rings is 1. The Kier molecular flexibility index (Phi) is 4.33. The molecule has 0 saturated heterocycles. The van der Waals surface area contributed by atoms with Crippen LogP contribution in [0.5, 0.6) is 0 Å². The highest BCUT2D eigenvalue weighted by molar-refractivity contribution is 6.42. The van der Waals surface area contributed by atoms with E-state index >= 15 is 0 Å². The molecule has 1 nitrogen and oxygen atoms in total. The molecular weight excluding hydrogens is 230 g/mol. The Morgan fingerprint density at radius 2 is 2.00 bits per heavy atom. The molecule has 0 aliphatic carbocycles. The van der Waals surface area contributed by atoms with Gasteiger partial charge in [0.1, 0.15) is 0 Å². The summed E-state index contributed by atoms with van der Waals surface area (Å²) in [6.07, 6.45) is -0.162. The van der Waals surface area contributed by atoms with Crippen molar-refractivity contribution in [3.8, 4) is 0 Å². The summed E-state index contributed by atoms with van der Waals surface area (Å²) in [4.78, 5) is 0. The van der Waals surface area contributed by atoms with Crippen LogP contribution < -0.4 is 0 Å². The highest BCUT2D eigenvalue weighted by Crippen LogP contribution is 2.31. The zero-order valence-corrected chi connectivity index (χ0v) is 9.07. The molecule has 0 fully saturated rings. The normalized spacial score (nSPS) is 12.9. The maximum Gasteiger partial charge on any atom is 0.0816 e. The summed E-state index contributed by atoms with van der Waals surface area (Å²) < 4.78 is 0. The van der Waals surface area contributed by atoms with Crippen molar-refractivity contribution in [2.24, 2.45) is 0 Å². The lowest BCUT2D eigenvalue weighted by Crippen LogP contribution is -1.99. The molecule has 0 spiro atoms. The van der Waals surface area contributed by atoms with Gasteiger partial charge in [-0.15, -0.1) is 11.6 Å². The van der Waals surface area contributed by atoms with Crippen molar-refractivity contribution in [1.29, 1.82) is 0 Å². The molecule has 0 bridgehead atoms. The van der Waals surface area contributed by atoms with Crippen LogP contribution in [0.2, 0.25) is 10.0 Å². The molecule has 0 radical (unpaired) electrons. The summed E-state index contributed by atoms with van der Waals surface area (Å²) in [7, 11) is 0. The second-order valence-corrected chi connectivity index (χ2v) is 3.80. The zero-order valence-electron chi connectivity index (χ0n) is 6.80. The fourth-order valence-electron chi connectivity index (χ4n) is 1.04. The minimum atomic E-state index is -0.635. The van der Waals surface area contributed by atoms with Crippen LogP contribution in [0, 0.1) is 0 Å². The van der Waals surface area contributed by atoms with E-state index in [1.165, 1.54) is 0 Å². The quantitative estimate of drug-likeness (QED) is 0.798. The lowest BCUT2D eigenvalue weighted by atomic mass is 10.1. The van der Waals surface area contributed by atoms with Crippen molar-refractivity contribution in [2.45, 2.75) is 12.5 Å². The molecule has 1 aromatic carbocycles. The Labute approximate surface area is 92.2 Å². The van der Waals surface area contributed by atoms with Crippen LogP contribution in [0.4, 0.5) is 0 Å². The molecule has 72 valence electrons. The van der Waals surface area contributed by atoms with Crippen LogP contribution in [-0.4, -0.2) is 11.0 Å². The first-order chi connectivity index (χ1) is 6.16. The molecule has 1 rings (SSSR count). The van der Waals surface area contributed by atoms with Crippen LogP contribution in [0.1, 0.15) is 18.1 Å². The van der Waals surface area contributed by atoms with Crippen LogP contribution in [0.15, 0.2) is 18.2 Å². The van der Waals surface area contributed by atoms with Gasteiger partial charge in [-0.25, -0.2) is 0 Å². The van der Waals surface area contributed by atoms with Crippen molar-refractivity contribution < 1.29 is 5.11 Å². The first-order valence-electron chi connectivity index (χ1n) is 3.84. The van der Waals surface area contributed by atoms with Gasteiger partial charge in [-0.1, -0.05) is 35.3 Å². The molecular formula is C9H9Cl3O. The summed E-state index contributed by atoms with van der Waals surface area (Å²) in [6.45, 7) is 0. The molecule has 0 aliphatic heterocycles. The lowest BCUT2D eigenvalue weighted by Gasteiger charge is -2.11. The summed E-state index contributed by atoms with van der Waals surface area (Å²) in [6, 6.07) is 5.17. The van der Waals surface area contributed by atoms with Gasteiger partial charge in [0.2, 0.25) is 0 Å². The summed E-state index contributed by atoms with van der Waals surface area (Å²) in [5, 5.41) is 10.5. The van der Waals surface area contributed by atoms with Gasteiger partial charge >= 0.3 is 0 Å². The Morgan fingerprint density at radius 1 is 1.31 bits per heavy atom. The predicted octanol–water partition coefficient (Wildman–Crippen LogP) is 3.66. The van der Waals surface area contributed by atoms with E-state index < -0.39 is 6.10 Å². The lowest BCUT2D eigenvalue weighted by molar-refractivity contribution is 0.175. The van der Waals surface area contributed by atoms with E-state index in [1.54, 1.807) is 18.2 Å². The molecule has 1 aromatic rings. The minimum Gasteiger partial charge on any atom is -0.388 e. The SMILES string of the molecule is OC(CCCl)c1cccc(Cl)c1Cl. The molecule has 0 aromatic heterocycles. The monoisotopic (exact) mass is 238 g/mol. The number of hydrogen-bond donors (Lipinski definition) is 1. The minimum absolute atomic E-state index is 0.393. The molecule has 4 heteroatoms. The number of aliphatic hydroxyl groups is 1. The summed E-state index contributed by atoms with van der Waals surface area (Å²) in [5.41, 5.74) is 0.634. The first kappa shape index (κ1) is 11.1. The van der Waals surface area contributed by atoms with E-state index in [4.69, 9.17) is 34.8 Å². The highest BCUT2D eigenvalue weighted by atomic mass is 35.5. The van der Waals surface area contributed by atoms with Gasteiger partial charge in [-0.3, -0.25) is 0 Å². The second-order valence-electron chi connectivity index (χ2n) is 2.64. The van der Waals surface area contributed by atoms with Gasteiger partial charge in [0.05, 0.1) is 16.1 Å². The number of aliphatic hydroxyl groups excluding tert-OH is 1. The fourth-order valence-corrected chi connectivity index (χ4v) is 1.68. The number of halogens is 3. The van der Waals surface area contributed by atoms with Gasteiger partial charge in [0, 0.05) is 11.4 Å². The molecule has 0 amide bonds. The highest BCUT2D eigenvalue weighted by Gasteiger charge is 2.12. The Bertz CT molecular complexity index is 288. The van der Waals surface area contributed by atoms with Crippen molar-refractivity contribution in [3.63, 3.8) is 0 Å². The van der Waals surface area contributed by atoms with E-state index in [0.717, 1.165) is 0 Å². The third-order valence-electron chi connectivity index (χ3n) is 1.72. The third kappa shape index (κ3) is 2.75. The number of hydrogen-bond acceptors (Lipinski definition) is 1. The molecule has 13 heavy (non-hydrogen) atoms. The van der Waals surface area contributed by atoms with Gasteiger partial charge in [0.15, 0.2) is 0 Å². The van der Waals surface area contributed by atoms with Crippen molar-refractivity contribution in [3.05, 3.63) is 33.8 Å². The average Bonchev–Trinajstić information content (AvgIpc) is 2.10. The predicted molar refractivity (Wildman–Crippen MR) is 56.8 cm³/mol. The molecule has 0 aliphatic rings. The number of rotatable bonds is 3. The maximum atomic E-state index is 9.60. The van der Waals surface area contributed by atoms with Crippen LogP contribution in [-0.2, 0) is 0 Å². The molecule has 0 heterocycles. The van der Waals surface area contributed by atoms with Crippen LogP contribution in [0.25, 0.3) is 0 Å². The van der Waals surface area contributed by atoms with Crippen molar-refractivity contribution >= 4 is 34.8 Å². The van der Waals surface area contributed by atoms with Crippen molar-refractivity contribution in [1.82, 2.24) is 0 Å². The Hall–Kier alpha value is 0.0500. The summed E-state index contributed by atoms with van der Waals surface area (Å²) >= 11 is 17.2. The van der Waals surface area contributed by atoms with E-state index in [9.17, 15) is 5.11 Å². The summed E-state index contributed by atoms with van der Waals surface area (Å²) in [5.74, 6) is 0.393. The van der Waals surface area contributed by atoms with Gasteiger partial charge in [0.25, 0.3) is 0 Å². The maximum absolute atomic E-state index is 9.60. The Morgan fingerprint density at radius 3 is 2.62 bits per heavy atom. The van der Waals surface area contributed by atoms with Gasteiger partial charge in [-0.2, -0.15) is 0 Å². The van der Waals surface area contributed by atoms with Crippen LogP contribution >= 0.6 is 34.8 Å². The van der Waals surface area contributed by atoms with E-state index in [2.05, 4.69) is 0 Å². The largest absolute Gasteiger partial charge is 0.388 e. The smallest absolute Gasteiger partial charge is 0.0816 e.